The predicted octanol–water partition coefficient (Wildman–Crippen LogP) is 4.83. The first-order chi connectivity index (χ1) is 9.19. The smallest absolute Gasteiger partial charge is 0.123 e. The maximum Gasteiger partial charge on any atom is 0.123 e. The summed E-state index contributed by atoms with van der Waals surface area (Å²) >= 11 is 3.46. The highest BCUT2D eigenvalue weighted by molar-refractivity contribution is 9.10. The zero-order valence-corrected chi connectivity index (χ0v) is 12.5. The minimum atomic E-state index is -0.180. The minimum absolute atomic E-state index is 0.176. The molecule has 1 unspecified atom stereocenters. The van der Waals surface area contributed by atoms with Gasteiger partial charge in [0, 0.05) is 17.1 Å². The van der Waals surface area contributed by atoms with Gasteiger partial charge in [-0.15, -0.1) is 0 Å². The summed E-state index contributed by atoms with van der Waals surface area (Å²) in [7, 11) is 0. The zero-order valence-electron chi connectivity index (χ0n) is 10.9. The second-order valence-electron chi connectivity index (χ2n) is 4.53. The first-order valence-electron chi connectivity index (χ1n) is 6.42. The van der Waals surface area contributed by atoms with Crippen LogP contribution in [0.4, 0.5) is 4.39 Å². The van der Waals surface area contributed by atoms with Crippen LogP contribution in [0, 0.1) is 5.82 Å². The van der Waals surface area contributed by atoms with Crippen molar-refractivity contribution in [3.05, 3.63) is 69.9 Å². The summed E-state index contributed by atoms with van der Waals surface area (Å²) in [6.45, 7) is 2.87. The topological polar surface area (TPSA) is 12.0 Å². The van der Waals surface area contributed by atoms with Gasteiger partial charge in [-0.3, -0.25) is 0 Å². The molecule has 0 bridgehead atoms. The molecule has 1 atom stereocenters. The highest BCUT2D eigenvalue weighted by Gasteiger charge is 2.09. The van der Waals surface area contributed by atoms with Crippen LogP contribution in [0.3, 0.4) is 0 Å². The Kier molecular flexibility index (Phi) is 5.11. The first kappa shape index (κ1) is 14.2. The number of hydrogen-bond acceptors (Lipinski definition) is 1. The quantitative estimate of drug-likeness (QED) is 0.831. The molecule has 0 spiro atoms. The van der Waals surface area contributed by atoms with Crippen LogP contribution >= 0.6 is 15.9 Å². The van der Waals surface area contributed by atoms with Crippen molar-refractivity contribution in [1.29, 1.82) is 0 Å². The Balaban J connectivity index is 2.04. The Labute approximate surface area is 122 Å². The van der Waals surface area contributed by atoms with Gasteiger partial charge in [0.1, 0.15) is 5.82 Å². The molecule has 0 fully saturated rings. The fraction of sp³-hybridized carbons (Fsp3) is 0.250. The molecule has 19 heavy (non-hydrogen) atoms. The van der Waals surface area contributed by atoms with E-state index in [4.69, 9.17) is 0 Å². The van der Waals surface area contributed by atoms with Crippen molar-refractivity contribution in [3.8, 4) is 0 Å². The molecule has 100 valence electrons. The monoisotopic (exact) mass is 321 g/mol. The number of nitrogens with one attached hydrogen (secondary N) is 1. The summed E-state index contributed by atoms with van der Waals surface area (Å²) in [5.74, 6) is -0.180. The van der Waals surface area contributed by atoms with Gasteiger partial charge in [0.25, 0.3) is 0 Å². The average molecular weight is 322 g/mol. The molecule has 2 aromatic carbocycles. The normalized spacial score (nSPS) is 12.4. The highest BCUT2D eigenvalue weighted by atomic mass is 79.9. The number of halogens is 2. The summed E-state index contributed by atoms with van der Waals surface area (Å²) in [5, 5.41) is 3.47. The van der Waals surface area contributed by atoms with E-state index >= 15 is 0 Å². The Bertz CT molecular complexity index is 542. The van der Waals surface area contributed by atoms with Crippen LogP contribution in [0.2, 0.25) is 0 Å². The van der Waals surface area contributed by atoms with Crippen molar-refractivity contribution in [2.45, 2.75) is 25.9 Å². The van der Waals surface area contributed by atoms with Crippen molar-refractivity contribution < 1.29 is 4.39 Å². The molecule has 0 saturated heterocycles. The molecule has 0 aliphatic carbocycles. The molecule has 0 radical (unpaired) electrons. The highest BCUT2D eigenvalue weighted by Crippen LogP contribution is 2.19. The second-order valence-corrected chi connectivity index (χ2v) is 5.44. The molecule has 0 heterocycles. The standard InChI is InChI=1S/C16H17BrFN/c1-2-16(13-6-4-8-15(18)10-13)19-11-12-5-3-7-14(17)9-12/h3-10,16,19H,2,11H2,1H3. The van der Waals surface area contributed by atoms with E-state index in [2.05, 4.69) is 40.3 Å². The summed E-state index contributed by atoms with van der Waals surface area (Å²) < 4.78 is 14.3. The molecule has 0 aliphatic rings. The lowest BCUT2D eigenvalue weighted by atomic mass is 10.0. The number of benzene rings is 2. The van der Waals surface area contributed by atoms with Crippen LogP contribution in [0.5, 0.6) is 0 Å². The third-order valence-electron chi connectivity index (χ3n) is 3.10. The molecule has 0 amide bonds. The van der Waals surface area contributed by atoms with E-state index in [0.717, 1.165) is 23.0 Å². The van der Waals surface area contributed by atoms with Gasteiger partial charge in [0.2, 0.25) is 0 Å². The predicted molar refractivity (Wildman–Crippen MR) is 80.4 cm³/mol. The molecule has 0 aliphatic heterocycles. The Morgan fingerprint density at radius 2 is 1.95 bits per heavy atom. The van der Waals surface area contributed by atoms with Crippen molar-refractivity contribution in [2.75, 3.05) is 0 Å². The molecule has 0 aromatic heterocycles. The van der Waals surface area contributed by atoms with Crippen LogP contribution in [0.25, 0.3) is 0 Å². The fourth-order valence-electron chi connectivity index (χ4n) is 2.11. The fourth-order valence-corrected chi connectivity index (χ4v) is 2.56. The Morgan fingerprint density at radius 1 is 1.16 bits per heavy atom. The summed E-state index contributed by atoms with van der Waals surface area (Å²) in [4.78, 5) is 0. The lowest BCUT2D eigenvalue weighted by Gasteiger charge is -2.17. The van der Waals surface area contributed by atoms with Gasteiger partial charge >= 0.3 is 0 Å². The summed E-state index contributed by atoms with van der Waals surface area (Å²) in [5.41, 5.74) is 2.21. The van der Waals surface area contributed by atoms with E-state index in [1.807, 2.05) is 18.2 Å². The van der Waals surface area contributed by atoms with Gasteiger partial charge in [0.15, 0.2) is 0 Å². The van der Waals surface area contributed by atoms with Crippen LogP contribution in [-0.2, 0) is 6.54 Å². The van der Waals surface area contributed by atoms with E-state index in [1.165, 1.54) is 11.6 Å². The van der Waals surface area contributed by atoms with Crippen LogP contribution in [-0.4, -0.2) is 0 Å². The molecule has 2 rings (SSSR count). The maximum absolute atomic E-state index is 13.2. The Hall–Kier alpha value is -1.19. The molecule has 1 nitrogen and oxygen atoms in total. The zero-order chi connectivity index (χ0) is 13.7. The van der Waals surface area contributed by atoms with Crippen molar-refractivity contribution >= 4 is 15.9 Å². The van der Waals surface area contributed by atoms with Gasteiger partial charge in [-0.2, -0.15) is 0 Å². The van der Waals surface area contributed by atoms with Crippen LogP contribution in [0.15, 0.2) is 53.0 Å². The average Bonchev–Trinajstić information content (AvgIpc) is 2.40. The molecular formula is C16H17BrFN. The van der Waals surface area contributed by atoms with Gasteiger partial charge < -0.3 is 5.32 Å². The van der Waals surface area contributed by atoms with Gasteiger partial charge in [-0.05, 0) is 41.8 Å². The lowest BCUT2D eigenvalue weighted by molar-refractivity contribution is 0.514. The summed E-state index contributed by atoms with van der Waals surface area (Å²) in [6, 6.07) is 15.2. The van der Waals surface area contributed by atoms with E-state index in [9.17, 15) is 4.39 Å². The molecular weight excluding hydrogens is 305 g/mol. The molecule has 2 aromatic rings. The Morgan fingerprint density at radius 3 is 2.63 bits per heavy atom. The lowest BCUT2D eigenvalue weighted by Crippen LogP contribution is -2.20. The number of rotatable bonds is 5. The molecule has 0 saturated carbocycles. The number of hydrogen-bond donors (Lipinski definition) is 1. The van der Waals surface area contributed by atoms with Crippen molar-refractivity contribution in [2.24, 2.45) is 0 Å². The second kappa shape index (κ2) is 6.83. The SMILES string of the molecule is CCC(NCc1cccc(Br)c1)c1cccc(F)c1. The van der Waals surface area contributed by atoms with Gasteiger partial charge in [-0.1, -0.05) is 47.1 Å². The van der Waals surface area contributed by atoms with Gasteiger partial charge in [-0.25, -0.2) is 4.39 Å². The van der Waals surface area contributed by atoms with E-state index in [0.29, 0.717) is 0 Å². The third-order valence-corrected chi connectivity index (χ3v) is 3.59. The van der Waals surface area contributed by atoms with E-state index in [1.54, 1.807) is 12.1 Å². The summed E-state index contributed by atoms with van der Waals surface area (Å²) in [6.07, 6.45) is 0.928. The van der Waals surface area contributed by atoms with E-state index in [-0.39, 0.29) is 11.9 Å². The van der Waals surface area contributed by atoms with Crippen LogP contribution in [0.1, 0.15) is 30.5 Å². The van der Waals surface area contributed by atoms with Crippen molar-refractivity contribution in [3.63, 3.8) is 0 Å². The first-order valence-corrected chi connectivity index (χ1v) is 7.21. The molecule has 1 N–H and O–H groups in total. The van der Waals surface area contributed by atoms with Crippen molar-refractivity contribution in [1.82, 2.24) is 5.32 Å². The minimum Gasteiger partial charge on any atom is -0.306 e. The van der Waals surface area contributed by atoms with Crippen LogP contribution < -0.4 is 5.32 Å². The molecule has 3 heteroatoms. The largest absolute Gasteiger partial charge is 0.306 e. The third kappa shape index (κ3) is 4.15. The van der Waals surface area contributed by atoms with Gasteiger partial charge in [0.05, 0.1) is 0 Å². The van der Waals surface area contributed by atoms with E-state index < -0.39 is 0 Å². The maximum atomic E-state index is 13.2.